The molecular weight excluding hydrogens is 192 g/mol. The van der Waals surface area contributed by atoms with Crippen molar-refractivity contribution in [2.24, 2.45) is 0 Å². The predicted molar refractivity (Wildman–Crippen MR) is 55.9 cm³/mol. The van der Waals surface area contributed by atoms with E-state index in [1.54, 1.807) is 6.20 Å². The maximum absolute atomic E-state index is 10.5. The van der Waals surface area contributed by atoms with Crippen LogP contribution in [0.2, 0.25) is 0 Å². The van der Waals surface area contributed by atoms with Gasteiger partial charge in [0.05, 0.1) is 18.1 Å². The molecule has 0 bridgehead atoms. The third-order valence-electron chi connectivity index (χ3n) is 2.31. The van der Waals surface area contributed by atoms with E-state index in [2.05, 4.69) is 4.98 Å². The summed E-state index contributed by atoms with van der Waals surface area (Å²) in [6.45, 7) is 2.00. The number of pyridine rings is 1. The number of carbonyl (C=O) groups is 1. The van der Waals surface area contributed by atoms with Crippen LogP contribution in [0.5, 0.6) is 0 Å². The molecule has 1 N–H and O–H groups in total. The van der Waals surface area contributed by atoms with E-state index in [0.29, 0.717) is 6.42 Å². The molecule has 15 heavy (non-hydrogen) atoms. The van der Waals surface area contributed by atoms with E-state index >= 15 is 0 Å². The Hall–Kier alpha value is -1.84. The van der Waals surface area contributed by atoms with Crippen molar-refractivity contribution < 1.29 is 9.90 Å². The van der Waals surface area contributed by atoms with Gasteiger partial charge in [0.2, 0.25) is 0 Å². The van der Waals surface area contributed by atoms with Gasteiger partial charge in [0, 0.05) is 12.6 Å². The lowest BCUT2D eigenvalue weighted by atomic mass is 10.3. The second-order valence-electron chi connectivity index (χ2n) is 3.57. The molecule has 0 unspecified atom stereocenters. The molecule has 2 aromatic rings. The molecule has 4 nitrogen and oxygen atoms in total. The highest BCUT2D eigenvalue weighted by Crippen LogP contribution is 2.10. The number of hydrogen-bond acceptors (Lipinski definition) is 2. The van der Waals surface area contributed by atoms with E-state index in [4.69, 9.17) is 5.11 Å². The van der Waals surface area contributed by atoms with Gasteiger partial charge in [0.1, 0.15) is 5.82 Å². The molecule has 0 amide bonds. The van der Waals surface area contributed by atoms with Crippen LogP contribution in [0.3, 0.4) is 0 Å². The lowest BCUT2D eigenvalue weighted by molar-refractivity contribution is -0.137. The van der Waals surface area contributed by atoms with Gasteiger partial charge in [0.25, 0.3) is 0 Å². The first-order valence-electron chi connectivity index (χ1n) is 4.81. The molecule has 0 saturated carbocycles. The second-order valence-corrected chi connectivity index (χ2v) is 3.57. The summed E-state index contributed by atoms with van der Waals surface area (Å²) in [5.74, 6) is 0.00973. The van der Waals surface area contributed by atoms with Gasteiger partial charge in [-0.3, -0.25) is 4.79 Å². The predicted octanol–water partition coefficient (Wildman–Crippen LogP) is 1.66. The Labute approximate surface area is 87.2 Å². The highest BCUT2D eigenvalue weighted by Gasteiger charge is 2.05. The van der Waals surface area contributed by atoms with Gasteiger partial charge in [0.15, 0.2) is 0 Å². The molecule has 2 heterocycles. The van der Waals surface area contributed by atoms with Gasteiger partial charge in [-0.15, -0.1) is 0 Å². The highest BCUT2D eigenvalue weighted by molar-refractivity contribution is 5.67. The Morgan fingerprint density at radius 3 is 3.07 bits per heavy atom. The van der Waals surface area contributed by atoms with Crippen LogP contribution in [-0.2, 0) is 11.2 Å². The lowest BCUT2D eigenvalue weighted by Crippen LogP contribution is -2.01. The number of carboxylic acids is 1. The Bertz CT molecular complexity index is 502. The number of aryl methyl sites for hydroxylation is 2. The first-order chi connectivity index (χ1) is 7.16. The zero-order chi connectivity index (χ0) is 10.8. The van der Waals surface area contributed by atoms with E-state index in [-0.39, 0.29) is 6.42 Å². The maximum Gasteiger partial charge on any atom is 0.303 e. The Morgan fingerprint density at radius 2 is 2.33 bits per heavy atom. The zero-order valence-electron chi connectivity index (χ0n) is 8.47. The fourth-order valence-corrected chi connectivity index (χ4v) is 1.55. The van der Waals surface area contributed by atoms with Gasteiger partial charge >= 0.3 is 5.97 Å². The van der Waals surface area contributed by atoms with Gasteiger partial charge in [-0.25, -0.2) is 4.98 Å². The summed E-state index contributed by atoms with van der Waals surface area (Å²) in [5.41, 5.74) is 2.14. The minimum Gasteiger partial charge on any atom is -0.481 e. The minimum absolute atomic E-state index is 0.118. The van der Waals surface area contributed by atoms with Gasteiger partial charge < -0.3 is 9.51 Å². The Balaban J connectivity index is 2.35. The van der Waals surface area contributed by atoms with Crippen molar-refractivity contribution in [3.63, 3.8) is 0 Å². The van der Waals surface area contributed by atoms with Crippen molar-refractivity contribution in [3.8, 4) is 0 Å². The second kappa shape index (κ2) is 3.73. The molecule has 0 aliphatic rings. The molecular formula is C11H12N2O2. The minimum atomic E-state index is -0.792. The zero-order valence-corrected chi connectivity index (χ0v) is 8.47. The first kappa shape index (κ1) is 9.71. The number of carboxylic acid groups (broad SMARTS) is 1. The molecule has 0 radical (unpaired) electrons. The normalized spacial score (nSPS) is 10.7. The average Bonchev–Trinajstić information content (AvgIpc) is 2.57. The fraction of sp³-hybridized carbons (Fsp3) is 0.273. The monoisotopic (exact) mass is 204 g/mol. The number of hydrogen-bond donors (Lipinski definition) is 1. The van der Waals surface area contributed by atoms with E-state index in [1.165, 1.54) is 0 Å². The van der Waals surface area contributed by atoms with E-state index in [0.717, 1.165) is 16.9 Å². The number of imidazole rings is 1. The molecule has 4 heteroatoms. The molecule has 0 saturated heterocycles. The first-order valence-corrected chi connectivity index (χ1v) is 4.81. The summed E-state index contributed by atoms with van der Waals surface area (Å²) in [5, 5.41) is 8.60. The van der Waals surface area contributed by atoms with E-state index in [9.17, 15) is 4.79 Å². The third kappa shape index (κ3) is 1.98. The molecule has 0 aliphatic heterocycles. The standard InChI is InChI=1S/C11H12N2O2/c1-8-2-3-9-6-12-10(13(9)7-8)4-5-11(14)15/h2-3,6-7H,4-5H2,1H3,(H,14,15). The smallest absolute Gasteiger partial charge is 0.303 e. The van der Waals surface area contributed by atoms with Crippen LogP contribution in [0.1, 0.15) is 17.8 Å². The fourth-order valence-electron chi connectivity index (χ4n) is 1.55. The topological polar surface area (TPSA) is 54.6 Å². The van der Waals surface area contributed by atoms with Crippen molar-refractivity contribution >= 4 is 11.5 Å². The van der Waals surface area contributed by atoms with Crippen LogP contribution < -0.4 is 0 Å². The van der Waals surface area contributed by atoms with Crippen molar-refractivity contribution in [2.45, 2.75) is 19.8 Å². The van der Waals surface area contributed by atoms with Crippen LogP contribution in [0.4, 0.5) is 0 Å². The number of aromatic nitrogens is 2. The average molecular weight is 204 g/mol. The van der Waals surface area contributed by atoms with Crippen molar-refractivity contribution in [3.05, 3.63) is 35.9 Å². The van der Waals surface area contributed by atoms with E-state index < -0.39 is 5.97 Å². The molecule has 78 valence electrons. The van der Waals surface area contributed by atoms with Crippen LogP contribution in [0.25, 0.3) is 5.52 Å². The third-order valence-corrected chi connectivity index (χ3v) is 2.31. The summed E-state index contributed by atoms with van der Waals surface area (Å²) >= 11 is 0. The quantitative estimate of drug-likeness (QED) is 0.827. The molecule has 0 aliphatic carbocycles. The summed E-state index contributed by atoms with van der Waals surface area (Å²) in [6, 6.07) is 3.99. The summed E-state index contributed by atoms with van der Waals surface area (Å²) in [7, 11) is 0. The maximum atomic E-state index is 10.5. The Morgan fingerprint density at radius 1 is 1.53 bits per heavy atom. The number of fused-ring (bicyclic) bond motifs is 1. The van der Waals surface area contributed by atoms with Gasteiger partial charge in [-0.2, -0.15) is 0 Å². The molecule has 0 spiro atoms. The van der Waals surface area contributed by atoms with Crippen molar-refractivity contribution in [1.29, 1.82) is 0 Å². The highest BCUT2D eigenvalue weighted by atomic mass is 16.4. The molecule has 2 rings (SSSR count). The number of nitrogens with zero attached hydrogens (tertiary/aromatic N) is 2. The summed E-state index contributed by atoms with van der Waals surface area (Å²) in [6.07, 6.45) is 4.32. The molecule has 2 aromatic heterocycles. The van der Waals surface area contributed by atoms with Crippen LogP contribution in [0, 0.1) is 6.92 Å². The SMILES string of the molecule is Cc1ccc2cnc(CCC(=O)O)n2c1. The molecule has 0 atom stereocenters. The van der Waals surface area contributed by atoms with Crippen LogP contribution in [-0.4, -0.2) is 20.5 Å². The molecule has 0 fully saturated rings. The van der Waals surface area contributed by atoms with Crippen LogP contribution in [0.15, 0.2) is 24.5 Å². The summed E-state index contributed by atoms with van der Waals surface area (Å²) < 4.78 is 1.94. The Kier molecular flexibility index (Phi) is 2.41. The molecule has 0 aromatic carbocycles. The van der Waals surface area contributed by atoms with E-state index in [1.807, 2.05) is 29.7 Å². The number of rotatable bonds is 3. The summed E-state index contributed by atoms with van der Waals surface area (Å²) in [4.78, 5) is 14.7. The van der Waals surface area contributed by atoms with Crippen LogP contribution >= 0.6 is 0 Å². The van der Waals surface area contributed by atoms with Gasteiger partial charge in [-0.05, 0) is 18.6 Å². The van der Waals surface area contributed by atoms with Gasteiger partial charge in [-0.1, -0.05) is 6.07 Å². The lowest BCUT2D eigenvalue weighted by Gasteiger charge is -2.00. The van der Waals surface area contributed by atoms with Crippen molar-refractivity contribution in [2.75, 3.05) is 0 Å². The number of aliphatic carboxylic acids is 1. The largest absolute Gasteiger partial charge is 0.481 e. The van der Waals surface area contributed by atoms with Crippen molar-refractivity contribution in [1.82, 2.24) is 9.38 Å².